The minimum atomic E-state index is -0.341. The number of rotatable bonds is 4. The summed E-state index contributed by atoms with van der Waals surface area (Å²) < 4.78 is 5.75. The van der Waals surface area contributed by atoms with Crippen LogP contribution in [0.25, 0.3) is 0 Å². The molecule has 0 amide bonds. The quantitative estimate of drug-likeness (QED) is 0.798. The molecule has 0 fully saturated rings. The fraction of sp³-hybridized carbons (Fsp3) is 0.429. The minimum absolute atomic E-state index is 0.0172. The lowest BCUT2D eigenvalue weighted by Gasteiger charge is -2.22. The van der Waals surface area contributed by atoms with Crippen LogP contribution in [-0.2, 0) is 0 Å². The van der Waals surface area contributed by atoms with Crippen LogP contribution in [0.4, 0.5) is 11.5 Å². The molecule has 1 atom stereocenters. The molecule has 20 heavy (non-hydrogen) atoms. The van der Waals surface area contributed by atoms with Gasteiger partial charge in [0, 0.05) is 12.4 Å². The molecule has 0 saturated carbocycles. The number of pyridine rings is 1. The van der Waals surface area contributed by atoms with Gasteiger partial charge in [-0.25, -0.2) is 4.98 Å². The summed E-state index contributed by atoms with van der Waals surface area (Å²) in [5.74, 6) is 1.98. The van der Waals surface area contributed by atoms with Gasteiger partial charge in [-0.05, 0) is 39.8 Å². The summed E-state index contributed by atoms with van der Waals surface area (Å²) in [6.45, 7) is 7.88. The molecule has 108 valence electrons. The van der Waals surface area contributed by atoms with Crippen LogP contribution in [-0.4, -0.2) is 20.6 Å². The largest absolute Gasteiger partial charge is 0.470 e. The summed E-state index contributed by atoms with van der Waals surface area (Å²) in [7, 11) is 0. The molecule has 0 bridgehead atoms. The molecular formula is C14H21N5O. The zero-order valence-corrected chi connectivity index (χ0v) is 12.3. The Balaban J connectivity index is 2.15. The maximum absolute atomic E-state index is 5.89. The third-order valence-electron chi connectivity index (χ3n) is 2.59. The molecule has 0 aliphatic carbocycles. The number of H-pyrrole nitrogens is 1. The number of hydrogen-bond acceptors (Lipinski definition) is 5. The van der Waals surface area contributed by atoms with Crippen molar-refractivity contribution in [3.63, 3.8) is 0 Å². The molecule has 2 heterocycles. The lowest BCUT2D eigenvalue weighted by Crippen LogP contribution is -2.24. The highest BCUT2D eigenvalue weighted by Gasteiger charge is 2.16. The van der Waals surface area contributed by atoms with Crippen molar-refractivity contribution in [3.05, 3.63) is 30.4 Å². The lowest BCUT2D eigenvalue weighted by molar-refractivity contribution is 0.125. The van der Waals surface area contributed by atoms with Crippen molar-refractivity contribution in [2.24, 2.45) is 0 Å². The van der Waals surface area contributed by atoms with Gasteiger partial charge in [-0.2, -0.15) is 4.98 Å². The molecule has 1 unspecified atom stereocenters. The summed E-state index contributed by atoms with van der Waals surface area (Å²) in [5.41, 5.74) is 6.07. The molecule has 0 aliphatic rings. The number of ether oxygens (including phenoxy) is 1. The predicted octanol–water partition coefficient (Wildman–Crippen LogP) is 2.74. The van der Waals surface area contributed by atoms with E-state index in [0.717, 1.165) is 5.82 Å². The van der Waals surface area contributed by atoms with Crippen LogP contribution in [0.5, 0.6) is 5.88 Å². The zero-order valence-electron chi connectivity index (χ0n) is 12.3. The zero-order chi connectivity index (χ0) is 14.8. The Kier molecular flexibility index (Phi) is 3.83. The average molecular weight is 275 g/mol. The molecule has 6 heteroatoms. The van der Waals surface area contributed by atoms with Crippen LogP contribution in [0.15, 0.2) is 24.5 Å². The van der Waals surface area contributed by atoms with Crippen LogP contribution in [0.3, 0.4) is 0 Å². The van der Waals surface area contributed by atoms with Crippen molar-refractivity contribution in [2.45, 2.75) is 39.3 Å². The van der Waals surface area contributed by atoms with E-state index in [1.54, 1.807) is 18.5 Å². The highest BCUT2D eigenvalue weighted by Crippen LogP contribution is 2.26. The van der Waals surface area contributed by atoms with E-state index in [0.29, 0.717) is 17.4 Å². The minimum Gasteiger partial charge on any atom is -0.470 e. The van der Waals surface area contributed by atoms with Gasteiger partial charge in [0.1, 0.15) is 17.2 Å². The molecule has 0 aromatic carbocycles. The van der Waals surface area contributed by atoms with E-state index in [-0.39, 0.29) is 11.6 Å². The van der Waals surface area contributed by atoms with Crippen molar-refractivity contribution in [2.75, 3.05) is 11.1 Å². The third-order valence-corrected chi connectivity index (χ3v) is 2.59. The average Bonchev–Trinajstić information content (AvgIpc) is 2.85. The number of nitrogen functional groups attached to an aromatic ring is 1. The Labute approximate surface area is 118 Å². The summed E-state index contributed by atoms with van der Waals surface area (Å²) in [6.07, 6.45) is 3.51. The van der Waals surface area contributed by atoms with Crippen molar-refractivity contribution >= 4 is 11.5 Å². The van der Waals surface area contributed by atoms with E-state index in [1.165, 1.54) is 0 Å². The van der Waals surface area contributed by atoms with Gasteiger partial charge in [-0.15, -0.1) is 0 Å². The summed E-state index contributed by atoms with van der Waals surface area (Å²) in [4.78, 5) is 11.7. The molecule has 0 aliphatic heterocycles. The van der Waals surface area contributed by atoms with Gasteiger partial charge in [0.2, 0.25) is 5.88 Å². The van der Waals surface area contributed by atoms with E-state index in [9.17, 15) is 0 Å². The van der Waals surface area contributed by atoms with Crippen LogP contribution in [0.1, 0.15) is 39.6 Å². The summed E-state index contributed by atoms with van der Waals surface area (Å²) in [6, 6.07) is 3.62. The van der Waals surface area contributed by atoms with E-state index in [2.05, 4.69) is 20.3 Å². The molecule has 2 aromatic heterocycles. The molecule has 4 N–H and O–H groups in total. The van der Waals surface area contributed by atoms with Crippen molar-refractivity contribution in [1.82, 2.24) is 15.0 Å². The number of nitrogens with two attached hydrogens (primary N) is 1. The Morgan fingerprint density at radius 1 is 1.35 bits per heavy atom. The first-order valence-electron chi connectivity index (χ1n) is 6.56. The maximum atomic E-state index is 5.89. The van der Waals surface area contributed by atoms with Crippen molar-refractivity contribution < 1.29 is 4.74 Å². The third kappa shape index (κ3) is 3.63. The number of imidazole rings is 1. The number of hydrogen-bond donors (Lipinski definition) is 3. The van der Waals surface area contributed by atoms with Crippen LogP contribution >= 0.6 is 0 Å². The Morgan fingerprint density at radius 2 is 2.10 bits per heavy atom. The van der Waals surface area contributed by atoms with E-state index in [4.69, 9.17) is 10.5 Å². The predicted molar refractivity (Wildman–Crippen MR) is 79.7 cm³/mol. The van der Waals surface area contributed by atoms with Crippen LogP contribution in [0, 0.1) is 0 Å². The number of aromatic nitrogens is 3. The van der Waals surface area contributed by atoms with Gasteiger partial charge in [0.25, 0.3) is 0 Å². The second-order valence-corrected chi connectivity index (χ2v) is 5.65. The Bertz CT molecular complexity index is 559. The fourth-order valence-electron chi connectivity index (χ4n) is 1.71. The first-order chi connectivity index (χ1) is 9.35. The highest BCUT2D eigenvalue weighted by atomic mass is 16.5. The van der Waals surface area contributed by atoms with Crippen LogP contribution < -0.4 is 15.8 Å². The first-order valence-corrected chi connectivity index (χ1v) is 6.56. The second kappa shape index (κ2) is 5.40. The summed E-state index contributed by atoms with van der Waals surface area (Å²) >= 11 is 0. The summed E-state index contributed by atoms with van der Waals surface area (Å²) in [5, 5.41) is 3.26. The number of anilines is 2. The molecule has 0 saturated heterocycles. The first kappa shape index (κ1) is 14.2. The standard InChI is InChI=1S/C14H21N5O/c1-9(12-16-7-8-17-12)18-11-6-5-10(15)13(19-11)20-14(2,3)4/h5-9H,15H2,1-4H3,(H,16,17)(H,18,19). The van der Waals surface area contributed by atoms with E-state index < -0.39 is 0 Å². The highest BCUT2D eigenvalue weighted by molar-refractivity contribution is 5.54. The van der Waals surface area contributed by atoms with Gasteiger partial charge in [0.05, 0.1) is 11.7 Å². The Morgan fingerprint density at radius 3 is 2.70 bits per heavy atom. The van der Waals surface area contributed by atoms with Crippen molar-refractivity contribution in [1.29, 1.82) is 0 Å². The molecule has 0 spiro atoms. The lowest BCUT2D eigenvalue weighted by atomic mass is 10.2. The van der Waals surface area contributed by atoms with E-state index >= 15 is 0 Å². The fourth-order valence-corrected chi connectivity index (χ4v) is 1.71. The van der Waals surface area contributed by atoms with Gasteiger partial charge in [-0.1, -0.05) is 0 Å². The second-order valence-electron chi connectivity index (χ2n) is 5.65. The topological polar surface area (TPSA) is 88.8 Å². The van der Waals surface area contributed by atoms with Gasteiger partial charge >= 0.3 is 0 Å². The van der Waals surface area contributed by atoms with E-state index in [1.807, 2.05) is 33.8 Å². The van der Waals surface area contributed by atoms with Gasteiger partial charge in [0.15, 0.2) is 0 Å². The normalized spacial score (nSPS) is 13.0. The molecule has 0 radical (unpaired) electrons. The monoisotopic (exact) mass is 275 g/mol. The van der Waals surface area contributed by atoms with Crippen LogP contribution in [0.2, 0.25) is 0 Å². The maximum Gasteiger partial charge on any atom is 0.239 e. The number of aromatic amines is 1. The molecular weight excluding hydrogens is 254 g/mol. The number of nitrogens with one attached hydrogen (secondary N) is 2. The number of nitrogens with zero attached hydrogens (tertiary/aromatic N) is 2. The van der Waals surface area contributed by atoms with Crippen molar-refractivity contribution in [3.8, 4) is 5.88 Å². The smallest absolute Gasteiger partial charge is 0.239 e. The molecule has 2 rings (SSSR count). The van der Waals surface area contributed by atoms with Gasteiger partial charge in [-0.3, -0.25) is 0 Å². The molecule has 6 nitrogen and oxygen atoms in total. The SMILES string of the molecule is CC(Nc1ccc(N)c(OC(C)(C)C)n1)c1ncc[nH]1. The molecule has 2 aromatic rings. The Hall–Kier alpha value is -2.24. The van der Waals surface area contributed by atoms with Gasteiger partial charge < -0.3 is 20.8 Å².